The summed E-state index contributed by atoms with van der Waals surface area (Å²) in [6.45, 7) is 1.59. The fourth-order valence-electron chi connectivity index (χ4n) is 6.28. The minimum Gasteiger partial charge on any atom is -0.872 e. The molecule has 0 spiro atoms. The Morgan fingerprint density at radius 2 is 0.842 bits per heavy atom. The van der Waals surface area contributed by atoms with Gasteiger partial charge in [-0.2, -0.15) is 18.0 Å². The van der Waals surface area contributed by atoms with Gasteiger partial charge in [-0.05, 0) is 77.7 Å². The van der Waals surface area contributed by atoms with Crippen LogP contribution in [-0.2, 0) is 75.7 Å². The predicted molar refractivity (Wildman–Crippen MR) is 188 cm³/mol. The first kappa shape index (κ1) is 42.5. The SMILES string of the molecule is Cc1cc2c([O-])c(c1)Cc1cc(S(=O)(=O)[O-])cc(c1O)Cc1cc(S(=O)(=O)[O-])cc(c1OS(=O)(=O)c1ccccc1)Cc1cc(S(=O)(=O)[O-])cc(c1O)C2.O=C=O. The Morgan fingerprint density at radius 3 is 1.18 bits per heavy atom. The van der Waals surface area contributed by atoms with E-state index in [2.05, 4.69) is 0 Å². The van der Waals surface area contributed by atoms with E-state index >= 15 is 0 Å². The van der Waals surface area contributed by atoms with Crippen molar-refractivity contribution in [1.29, 1.82) is 0 Å². The molecule has 8 bridgehead atoms. The molecular formula is C36H26O17S4-4. The number of aromatic hydroxyl groups is 2. The van der Waals surface area contributed by atoms with Crippen LogP contribution in [-0.4, -0.2) is 63.7 Å². The number of phenolic OH excluding ortho intramolecular Hbond substituents is 2. The molecule has 0 aliphatic heterocycles. The van der Waals surface area contributed by atoms with Crippen LogP contribution in [0.5, 0.6) is 23.0 Å². The fraction of sp³-hybridized carbons (Fsp3) is 0.139. The molecule has 57 heavy (non-hydrogen) atoms. The van der Waals surface area contributed by atoms with Gasteiger partial charge in [0, 0.05) is 36.8 Å². The average molecular weight is 859 g/mol. The summed E-state index contributed by atoms with van der Waals surface area (Å²) in [6.07, 6.45) is -2.33. The maximum Gasteiger partial charge on any atom is 0.373 e. The molecule has 21 heteroatoms. The molecule has 1 aliphatic rings. The van der Waals surface area contributed by atoms with Crippen molar-refractivity contribution in [2.45, 2.75) is 52.2 Å². The van der Waals surface area contributed by atoms with E-state index in [9.17, 15) is 62.6 Å². The third-order valence-corrected chi connectivity index (χ3v) is 12.4. The highest BCUT2D eigenvalue weighted by atomic mass is 32.2. The molecule has 0 unspecified atom stereocenters. The number of rotatable bonds is 6. The van der Waals surface area contributed by atoms with Crippen molar-refractivity contribution in [2.75, 3.05) is 0 Å². The molecule has 5 aromatic rings. The molecule has 0 atom stereocenters. The predicted octanol–water partition coefficient (Wildman–Crippen LogP) is 2.05. The Labute approximate surface area is 325 Å². The van der Waals surface area contributed by atoms with Gasteiger partial charge in [0.15, 0.2) is 0 Å². The number of fused-ring (bicyclic) bond motifs is 8. The molecule has 6 rings (SSSR count). The Hall–Kier alpha value is -5.64. The van der Waals surface area contributed by atoms with Crippen molar-refractivity contribution in [1.82, 2.24) is 0 Å². The molecule has 0 heterocycles. The summed E-state index contributed by atoms with van der Waals surface area (Å²) in [6, 6.07) is 13.9. The van der Waals surface area contributed by atoms with Gasteiger partial charge in [0.25, 0.3) is 0 Å². The van der Waals surface area contributed by atoms with E-state index in [4.69, 9.17) is 13.8 Å². The summed E-state index contributed by atoms with van der Waals surface area (Å²) in [5.74, 6) is -2.69. The molecular weight excluding hydrogens is 833 g/mol. The molecule has 0 aromatic heterocycles. The van der Waals surface area contributed by atoms with E-state index in [0.29, 0.717) is 17.7 Å². The van der Waals surface area contributed by atoms with Crippen LogP contribution >= 0.6 is 0 Å². The van der Waals surface area contributed by atoms with Crippen LogP contribution < -0.4 is 9.29 Å². The highest BCUT2D eigenvalue weighted by molar-refractivity contribution is 7.87. The van der Waals surface area contributed by atoms with Gasteiger partial charge in [-0.15, -0.1) is 5.75 Å². The lowest BCUT2D eigenvalue weighted by atomic mass is 9.90. The van der Waals surface area contributed by atoms with Gasteiger partial charge in [-0.1, -0.05) is 47.0 Å². The van der Waals surface area contributed by atoms with Gasteiger partial charge >= 0.3 is 16.3 Å². The molecule has 5 aromatic carbocycles. The average Bonchev–Trinajstić information content (AvgIpc) is 3.10. The Balaban J connectivity index is 0.00000200. The standard InChI is InChI=1S/C35H30O15S4.CO2/c1-19-7-20-9-22-13-29(51(39,40)41)15-24(33(22)37)11-26-17-31(53(45,46)47)18-27(35(26)50-54(48,49)28-5-3-2-4-6-28)12-25-16-30(52(42,43)44)14-23(34(25)38)10-21(8-19)32(20)36;2-1-3/h2-8,13-18,36-38H,9-12H2,1H3,(H,39,40,41)(H,42,43,44)(H,45,46,47);/p-4. The molecule has 0 saturated heterocycles. The van der Waals surface area contributed by atoms with E-state index < -0.39 is 131 Å². The molecule has 2 N–H and O–H groups in total. The number of hydrogen-bond acceptors (Lipinski definition) is 17. The van der Waals surface area contributed by atoms with Crippen LogP contribution in [0.3, 0.4) is 0 Å². The molecule has 1 aliphatic carbocycles. The largest absolute Gasteiger partial charge is 0.872 e. The fourth-order valence-corrected chi connectivity index (χ4v) is 9.02. The van der Waals surface area contributed by atoms with Crippen molar-refractivity contribution >= 4 is 46.6 Å². The highest BCUT2D eigenvalue weighted by Crippen LogP contribution is 2.41. The zero-order valence-corrected chi connectivity index (χ0v) is 32.3. The first-order chi connectivity index (χ1) is 26.4. The van der Waals surface area contributed by atoms with E-state index in [1.165, 1.54) is 30.3 Å². The van der Waals surface area contributed by atoms with Crippen molar-refractivity contribution in [3.63, 3.8) is 0 Å². The Kier molecular flexibility index (Phi) is 11.7. The second-order valence-corrected chi connectivity index (χ2v) is 18.4. The summed E-state index contributed by atoms with van der Waals surface area (Å²) in [5, 5.41) is 36.8. The molecule has 0 radical (unpaired) electrons. The summed E-state index contributed by atoms with van der Waals surface area (Å²) in [7, 11) is -20.7. The quantitative estimate of drug-likeness (QED) is 0.179. The lowest BCUT2D eigenvalue weighted by molar-refractivity contribution is -0.270. The zero-order valence-electron chi connectivity index (χ0n) is 29.0. The van der Waals surface area contributed by atoms with Crippen molar-refractivity contribution in [2.24, 2.45) is 0 Å². The lowest BCUT2D eigenvalue weighted by Crippen LogP contribution is -2.15. The van der Waals surface area contributed by atoms with Gasteiger partial charge < -0.3 is 33.2 Å². The van der Waals surface area contributed by atoms with Gasteiger partial charge in [0.1, 0.15) is 52.5 Å². The number of aryl methyl sites for hydroxylation is 1. The summed E-state index contributed by atoms with van der Waals surface area (Å²) in [4.78, 5) is 13.1. The van der Waals surface area contributed by atoms with Crippen molar-refractivity contribution < 1.29 is 76.4 Å². The number of hydrogen-bond donors (Lipinski definition) is 2. The Bertz CT molecular complexity index is 2780. The van der Waals surface area contributed by atoms with Gasteiger partial charge in [0.2, 0.25) is 0 Å². The van der Waals surface area contributed by atoms with E-state index in [-0.39, 0.29) is 28.4 Å². The van der Waals surface area contributed by atoms with Crippen LogP contribution in [0.25, 0.3) is 0 Å². The first-order valence-electron chi connectivity index (χ1n) is 15.9. The van der Waals surface area contributed by atoms with Crippen LogP contribution in [0.1, 0.15) is 50.1 Å². The third-order valence-electron chi connectivity index (χ3n) is 8.70. The number of phenols is 2. The zero-order chi connectivity index (χ0) is 42.2. The monoisotopic (exact) mass is 858 g/mol. The molecule has 0 amide bonds. The van der Waals surface area contributed by atoms with Crippen LogP contribution in [0, 0.1) is 6.92 Å². The van der Waals surface area contributed by atoms with Gasteiger partial charge in [-0.3, -0.25) is 0 Å². The molecule has 17 nitrogen and oxygen atoms in total. The smallest absolute Gasteiger partial charge is 0.373 e. The summed E-state index contributed by atoms with van der Waals surface area (Å²) in [5.41, 5.74) is -1.85. The molecule has 0 saturated carbocycles. The van der Waals surface area contributed by atoms with Crippen molar-refractivity contribution in [3.05, 3.63) is 129 Å². The van der Waals surface area contributed by atoms with E-state index in [1.54, 1.807) is 6.92 Å². The van der Waals surface area contributed by atoms with Crippen LogP contribution in [0.2, 0.25) is 0 Å². The van der Waals surface area contributed by atoms with E-state index in [0.717, 1.165) is 36.4 Å². The van der Waals surface area contributed by atoms with Crippen LogP contribution in [0.4, 0.5) is 0 Å². The van der Waals surface area contributed by atoms with Crippen LogP contribution in [0.15, 0.2) is 98.4 Å². The third kappa shape index (κ3) is 9.50. The summed E-state index contributed by atoms with van der Waals surface area (Å²) >= 11 is 0. The maximum absolute atomic E-state index is 13.8. The second-order valence-electron chi connectivity index (χ2n) is 12.7. The molecule has 300 valence electrons. The van der Waals surface area contributed by atoms with Crippen molar-refractivity contribution in [3.8, 4) is 23.0 Å². The molecule has 0 fully saturated rings. The topological polar surface area (TPSA) is 313 Å². The second kappa shape index (κ2) is 15.7. The minimum atomic E-state index is -5.40. The van der Waals surface area contributed by atoms with Gasteiger partial charge in [0.05, 0.1) is 14.7 Å². The van der Waals surface area contributed by atoms with Gasteiger partial charge in [-0.25, -0.2) is 25.3 Å². The highest BCUT2D eigenvalue weighted by Gasteiger charge is 2.27. The maximum atomic E-state index is 13.8. The normalized spacial score (nSPS) is 13.1. The minimum absolute atomic E-state index is 0.0363. The lowest BCUT2D eigenvalue weighted by Gasteiger charge is -2.24. The first-order valence-corrected chi connectivity index (χ1v) is 21.6. The number of carbonyl (C=O) groups excluding carboxylic acids is 2. The number of benzene rings is 5. The Morgan fingerprint density at radius 1 is 0.526 bits per heavy atom. The van der Waals surface area contributed by atoms with E-state index in [1.807, 2.05) is 0 Å². The summed E-state index contributed by atoms with van der Waals surface area (Å²) < 4.78 is 144.